The molecule has 0 fully saturated rings. The van der Waals surface area contributed by atoms with Crippen molar-refractivity contribution in [3.63, 3.8) is 0 Å². The molecule has 0 heterocycles. The van der Waals surface area contributed by atoms with Crippen LogP contribution in [0.3, 0.4) is 0 Å². The Hall–Kier alpha value is 1.64. The van der Waals surface area contributed by atoms with Gasteiger partial charge in [-0.3, -0.25) is 0 Å². The second kappa shape index (κ2) is 12.6. The molecule has 0 atom stereocenters. The van der Waals surface area contributed by atoms with Crippen molar-refractivity contribution < 1.29 is 0 Å². The van der Waals surface area contributed by atoms with E-state index in [4.69, 9.17) is 0 Å². The first-order valence-corrected chi connectivity index (χ1v) is 8.12. The molecule has 0 aliphatic rings. The Bertz CT molecular complexity index is 61.4. The molecule has 0 aromatic heterocycles. The fraction of sp³-hybridized carbons (Fsp3) is 1.00. The normalized spacial score (nSPS) is 10.6. The molecule has 12 heavy (non-hydrogen) atoms. The average Bonchev–Trinajstić information content (AvgIpc) is 2.10. The summed E-state index contributed by atoms with van der Waals surface area (Å²) in [7, 11) is 0. The molecule has 0 radical (unpaired) electrons. The summed E-state index contributed by atoms with van der Waals surface area (Å²) in [5, 5.41) is 0. The van der Waals surface area contributed by atoms with E-state index in [1.165, 1.54) is 57.8 Å². The molecule has 0 nitrogen and oxygen atoms in total. The molecule has 0 aliphatic carbocycles. The summed E-state index contributed by atoms with van der Waals surface area (Å²) in [5.41, 5.74) is 0. The van der Waals surface area contributed by atoms with Crippen LogP contribution in [0.25, 0.3) is 0 Å². The monoisotopic (exact) mass is 194 g/mol. The van der Waals surface area contributed by atoms with E-state index in [9.17, 15) is 0 Å². The first-order chi connectivity index (χ1) is 5.91. The molecule has 0 rings (SSSR count). The Morgan fingerprint density at radius 2 is 1.08 bits per heavy atom. The van der Waals surface area contributed by atoms with Gasteiger partial charge in [0.2, 0.25) is 0 Å². The molecule has 0 aromatic carbocycles. The molecule has 0 N–H and O–H groups in total. The van der Waals surface area contributed by atoms with E-state index in [1.807, 2.05) is 0 Å². The number of hydrogen-bond acceptors (Lipinski definition) is 0. The van der Waals surface area contributed by atoms with E-state index in [0.29, 0.717) is 0 Å². The van der Waals surface area contributed by atoms with Crippen molar-refractivity contribution in [3.05, 3.63) is 0 Å². The molecule has 0 unspecified atom stereocenters. The fourth-order valence-corrected chi connectivity index (χ4v) is 2.34. The molecule has 0 aromatic rings. The predicted octanol–water partition coefficient (Wildman–Crippen LogP) is 4.10. The number of unbranched alkanes of at least 4 members (excludes halogenated alkanes) is 8. The Labute approximate surface area is 112 Å². The summed E-state index contributed by atoms with van der Waals surface area (Å²) in [4.78, 5) is 0. The molecule has 0 aliphatic heterocycles. The quantitative estimate of drug-likeness (QED) is 0.383. The molecule has 0 spiro atoms. The van der Waals surface area contributed by atoms with E-state index in [-0.39, 0.29) is 0 Å². The van der Waals surface area contributed by atoms with Gasteiger partial charge >= 0.3 is 114 Å². The van der Waals surface area contributed by atoms with Crippen LogP contribution < -0.4 is 0 Å². The van der Waals surface area contributed by atoms with Crippen molar-refractivity contribution in [1.82, 2.24) is 0 Å². The van der Waals surface area contributed by atoms with E-state index >= 15 is 0 Å². The Kier molecular flexibility index (Phi) is 14.4. The van der Waals surface area contributed by atoms with Crippen LogP contribution in [0.1, 0.15) is 64.7 Å². The van der Waals surface area contributed by atoms with E-state index in [2.05, 4.69) is 6.92 Å². The second-order valence-electron chi connectivity index (χ2n) is 3.83. The van der Waals surface area contributed by atoms with Crippen LogP contribution >= 0.6 is 0 Å². The number of rotatable bonds is 9. The molecular formula is C11H23K. The minimum absolute atomic E-state index is 1.11. The number of hydrogen-bond donors (Lipinski definition) is 0. The Morgan fingerprint density at radius 1 is 0.667 bits per heavy atom. The first kappa shape index (κ1) is 13.6. The van der Waals surface area contributed by atoms with Crippen molar-refractivity contribution in [1.29, 1.82) is 0 Å². The molecule has 1 heteroatoms. The zero-order chi connectivity index (χ0) is 9.07. The van der Waals surface area contributed by atoms with E-state index in [0.717, 1.165) is 49.0 Å². The van der Waals surface area contributed by atoms with Gasteiger partial charge in [0.05, 0.1) is 0 Å². The third-order valence-corrected chi connectivity index (χ3v) is 3.56. The maximum absolute atomic E-state index is 2.28. The van der Waals surface area contributed by atoms with Gasteiger partial charge in [-0.2, -0.15) is 0 Å². The molecule has 68 valence electrons. The van der Waals surface area contributed by atoms with Gasteiger partial charge in [0.25, 0.3) is 0 Å². The van der Waals surface area contributed by atoms with Crippen LogP contribution in [0.15, 0.2) is 0 Å². The summed E-state index contributed by atoms with van der Waals surface area (Å²) in [5.74, 6) is 0. The van der Waals surface area contributed by atoms with Crippen LogP contribution in [0, 0.1) is 0 Å². The van der Waals surface area contributed by atoms with Crippen LogP contribution in [-0.4, -0.2) is 49.0 Å². The molecule has 0 amide bonds. The summed E-state index contributed by atoms with van der Waals surface area (Å²) < 4.78 is 1.56. The topological polar surface area (TPSA) is 0 Å². The molecular weight excluding hydrogens is 171 g/mol. The summed E-state index contributed by atoms with van der Waals surface area (Å²) in [6, 6.07) is 0. The van der Waals surface area contributed by atoms with Gasteiger partial charge in [-0.15, -0.1) is 0 Å². The van der Waals surface area contributed by atoms with Crippen molar-refractivity contribution in [2.45, 2.75) is 65.2 Å². The third kappa shape index (κ3) is 11.6. The van der Waals surface area contributed by atoms with Gasteiger partial charge in [0.15, 0.2) is 0 Å². The van der Waals surface area contributed by atoms with Crippen molar-refractivity contribution >= 4 is 49.0 Å². The molecule has 0 saturated heterocycles. The minimum atomic E-state index is 1.11. The second-order valence-corrected chi connectivity index (χ2v) is 5.39. The van der Waals surface area contributed by atoms with Crippen molar-refractivity contribution in [2.24, 2.45) is 0 Å². The van der Waals surface area contributed by atoms with Gasteiger partial charge in [-0.1, -0.05) is 0 Å². The van der Waals surface area contributed by atoms with Gasteiger partial charge < -0.3 is 0 Å². The van der Waals surface area contributed by atoms with E-state index in [1.54, 1.807) is 0.515 Å². The van der Waals surface area contributed by atoms with Gasteiger partial charge in [0, 0.05) is 0 Å². The summed E-state index contributed by atoms with van der Waals surface area (Å²) in [6.07, 6.45) is 13.3. The van der Waals surface area contributed by atoms with Gasteiger partial charge in [-0.25, -0.2) is 0 Å². The summed E-state index contributed by atoms with van der Waals surface area (Å²) >= 11 is 1.11. The van der Waals surface area contributed by atoms with Gasteiger partial charge in [0.1, 0.15) is 0 Å². The standard InChI is InChI=1S/C11H23.K/c1-3-5-7-9-11-10-8-6-4-2;/h1,3-11H2,2H3;. The Morgan fingerprint density at radius 3 is 1.50 bits per heavy atom. The zero-order valence-corrected chi connectivity index (χ0v) is 12.2. The van der Waals surface area contributed by atoms with Crippen LogP contribution in [-0.2, 0) is 0 Å². The predicted molar refractivity (Wildman–Crippen MR) is 57.8 cm³/mol. The summed E-state index contributed by atoms with van der Waals surface area (Å²) in [6.45, 7) is 2.28. The molecule has 0 bridgehead atoms. The molecule has 0 saturated carbocycles. The van der Waals surface area contributed by atoms with E-state index < -0.39 is 0 Å². The van der Waals surface area contributed by atoms with Gasteiger partial charge in [-0.05, 0) is 0 Å². The third-order valence-electron chi connectivity index (χ3n) is 2.46. The first-order valence-electron chi connectivity index (χ1n) is 5.91. The average molecular weight is 194 g/mol. The van der Waals surface area contributed by atoms with Crippen LogP contribution in [0.4, 0.5) is 0 Å². The van der Waals surface area contributed by atoms with Crippen LogP contribution in [0.2, 0.25) is 0.515 Å². The Balaban J connectivity index is 2.73. The SMILES string of the molecule is CCCCCCCCCC[CH2][K]. The van der Waals surface area contributed by atoms with Crippen molar-refractivity contribution in [2.75, 3.05) is 0 Å². The maximum atomic E-state index is 2.28. The zero-order valence-electron chi connectivity index (χ0n) is 9.07. The van der Waals surface area contributed by atoms with Crippen LogP contribution in [0.5, 0.6) is 0 Å². The van der Waals surface area contributed by atoms with Crippen molar-refractivity contribution in [3.8, 4) is 0 Å². The fourth-order valence-electron chi connectivity index (χ4n) is 1.56.